The van der Waals surface area contributed by atoms with Gasteiger partial charge in [0.15, 0.2) is 6.29 Å². The minimum absolute atomic E-state index is 0.855. The molecule has 0 aromatic carbocycles. The van der Waals surface area contributed by atoms with Gasteiger partial charge in [0, 0.05) is 19.5 Å². The van der Waals surface area contributed by atoms with E-state index in [9.17, 15) is 4.79 Å². The lowest BCUT2D eigenvalue weighted by Gasteiger charge is -2.04. The summed E-state index contributed by atoms with van der Waals surface area (Å²) in [6, 6.07) is 9.01. The highest BCUT2D eigenvalue weighted by Crippen LogP contribution is 2.44. The maximum Gasteiger partial charge on any atom is 0.160 e. The van der Waals surface area contributed by atoms with Crippen LogP contribution in [0.4, 0.5) is 0 Å². The summed E-state index contributed by atoms with van der Waals surface area (Å²) in [7, 11) is 0. The van der Waals surface area contributed by atoms with Crippen LogP contribution in [-0.4, -0.2) is 6.29 Å². The van der Waals surface area contributed by atoms with Crippen molar-refractivity contribution in [2.75, 3.05) is 0 Å². The van der Waals surface area contributed by atoms with E-state index in [1.54, 1.807) is 11.3 Å². The van der Waals surface area contributed by atoms with Crippen molar-refractivity contribution < 1.29 is 4.79 Å². The van der Waals surface area contributed by atoms with Crippen LogP contribution in [0.3, 0.4) is 0 Å². The van der Waals surface area contributed by atoms with Crippen molar-refractivity contribution in [3.63, 3.8) is 0 Å². The third-order valence-corrected chi connectivity index (χ3v) is 10.6. The van der Waals surface area contributed by atoms with E-state index in [-0.39, 0.29) is 0 Å². The number of carbonyl (C=O) groups is 1. The van der Waals surface area contributed by atoms with Gasteiger partial charge in [-0.1, -0.05) is 78.1 Å². The first-order chi connectivity index (χ1) is 16.7. The van der Waals surface area contributed by atoms with Crippen LogP contribution in [-0.2, 0) is 12.8 Å². The zero-order valence-corrected chi connectivity index (χ0v) is 24.8. The lowest BCUT2D eigenvalue weighted by atomic mass is 10.0. The van der Waals surface area contributed by atoms with Gasteiger partial charge in [0.05, 0.1) is 8.66 Å². The SMILES string of the molecule is CCCCCCCCc1cc(Br)sc1-c1ccc(-c2sc(C=O)cc2CCCCCCCC)s1. The molecule has 0 aliphatic carbocycles. The van der Waals surface area contributed by atoms with Crippen LogP contribution in [0.5, 0.6) is 0 Å². The summed E-state index contributed by atoms with van der Waals surface area (Å²) >= 11 is 9.15. The third kappa shape index (κ3) is 8.43. The molecule has 3 heterocycles. The first-order valence-corrected chi connectivity index (χ1v) is 16.4. The molecule has 0 N–H and O–H groups in total. The van der Waals surface area contributed by atoms with E-state index in [0.29, 0.717) is 0 Å². The molecule has 0 unspecified atom stereocenters. The Labute approximate surface area is 227 Å². The molecule has 1 nitrogen and oxygen atoms in total. The summed E-state index contributed by atoms with van der Waals surface area (Å²) in [5, 5.41) is 0. The lowest BCUT2D eigenvalue weighted by molar-refractivity contribution is 0.112. The molecule has 3 rings (SSSR count). The van der Waals surface area contributed by atoms with Crippen LogP contribution in [0.15, 0.2) is 28.1 Å². The third-order valence-electron chi connectivity index (χ3n) is 6.38. The first kappa shape index (κ1) is 27.8. The summed E-state index contributed by atoms with van der Waals surface area (Å²) in [5.74, 6) is 0. The van der Waals surface area contributed by atoms with Crippen LogP contribution < -0.4 is 0 Å². The fourth-order valence-electron chi connectivity index (χ4n) is 4.47. The molecular weight excluding hydrogens is 540 g/mol. The molecule has 0 saturated heterocycles. The van der Waals surface area contributed by atoms with Gasteiger partial charge in [-0.05, 0) is 77.0 Å². The van der Waals surface area contributed by atoms with E-state index in [2.05, 4.69) is 54.0 Å². The molecule has 186 valence electrons. The van der Waals surface area contributed by atoms with E-state index in [1.165, 1.54) is 111 Å². The number of hydrogen-bond donors (Lipinski definition) is 0. The Morgan fingerprint density at radius 2 is 1.18 bits per heavy atom. The summed E-state index contributed by atoms with van der Waals surface area (Å²) in [5.41, 5.74) is 2.84. The second kappa shape index (κ2) is 15.4. The fourth-order valence-corrected chi connectivity index (χ4v) is 8.49. The fraction of sp³-hybridized carbons (Fsp3) is 0.552. The molecule has 0 aliphatic heterocycles. The molecule has 0 spiro atoms. The van der Waals surface area contributed by atoms with Gasteiger partial charge in [-0.2, -0.15) is 0 Å². The summed E-state index contributed by atoms with van der Waals surface area (Å²) in [6.45, 7) is 4.54. The van der Waals surface area contributed by atoms with Crippen LogP contribution >= 0.6 is 49.9 Å². The Morgan fingerprint density at radius 3 is 1.74 bits per heavy atom. The Balaban J connectivity index is 1.67. The summed E-state index contributed by atoms with van der Waals surface area (Å²) < 4.78 is 1.22. The highest BCUT2D eigenvalue weighted by Gasteiger charge is 2.16. The van der Waals surface area contributed by atoms with Crippen LogP contribution in [0.25, 0.3) is 19.5 Å². The van der Waals surface area contributed by atoms with Gasteiger partial charge in [-0.15, -0.1) is 34.0 Å². The smallest absolute Gasteiger partial charge is 0.160 e. The quantitative estimate of drug-likeness (QED) is 0.115. The van der Waals surface area contributed by atoms with E-state index in [1.807, 2.05) is 22.7 Å². The average molecular weight is 580 g/mol. The first-order valence-electron chi connectivity index (χ1n) is 13.1. The number of unbranched alkanes of at least 4 members (excludes halogenated alkanes) is 10. The molecule has 34 heavy (non-hydrogen) atoms. The van der Waals surface area contributed by atoms with Crippen molar-refractivity contribution in [3.8, 4) is 19.5 Å². The molecule has 0 radical (unpaired) electrons. The van der Waals surface area contributed by atoms with Crippen molar-refractivity contribution in [1.29, 1.82) is 0 Å². The van der Waals surface area contributed by atoms with Crippen molar-refractivity contribution in [2.24, 2.45) is 0 Å². The van der Waals surface area contributed by atoms with E-state index >= 15 is 0 Å². The monoisotopic (exact) mass is 578 g/mol. The molecule has 0 saturated carbocycles. The topological polar surface area (TPSA) is 17.1 Å². The zero-order valence-electron chi connectivity index (χ0n) is 20.8. The van der Waals surface area contributed by atoms with Crippen molar-refractivity contribution in [3.05, 3.63) is 44.1 Å². The van der Waals surface area contributed by atoms with E-state index in [0.717, 1.165) is 24.0 Å². The van der Waals surface area contributed by atoms with Gasteiger partial charge >= 0.3 is 0 Å². The highest BCUT2D eigenvalue weighted by atomic mass is 79.9. The van der Waals surface area contributed by atoms with Crippen molar-refractivity contribution >= 4 is 56.2 Å². The molecule has 3 aromatic heterocycles. The van der Waals surface area contributed by atoms with Gasteiger partial charge in [-0.25, -0.2) is 0 Å². The minimum atomic E-state index is 0.855. The molecule has 0 aliphatic rings. The number of hydrogen-bond acceptors (Lipinski definition) is 4. The molecule has 5 heteroatoms. The van der Waals surface area contributed by atoms with Crippen molar-refractivity contribution in [2.45, 2.75) is 104 Å². The van der Waals surface area contributed by atoms with Gasteiger partial charge in [0.2, 0.25) is 0 Å². The van der Waals surface area contributed by atoms with Crippen LogP contribution in [0.1, 0.15) is 112 Å². The predicted octanol–water partition coefficient (Wildman–Crippen LogP) is 11.6. The Kier molecular flexibility index (Phi) is 12.6. The number of aryl methyl sites for hydroxylation is 2. The Bertz CT molecular complexity index is 997. The minimum Gasteiger partial charge on any atom is -0.297 e. The highest BCUT2D eigenvalue weighted by molar-refractivity contribution is 9.11. The van der Waals surface area contributed by atoms with E-state index < -0.39 is 0 Å². The summed E-state index contributed by atoms with van der Waals surface area (Å²) in [6.07, 6.45) is 19.1. The van der Waals surface area contributed by atoms with Crippen LogP contribution in [0, 0.1) is 0 Å². The normalized spacial score (nSPS) is 11.4. The van der Waals surface area contributed by atoms with Crippen molar-refractivity contribution in [1.82, 2.24) is 0 Å². The molecule has 0 fully saturated rings. The lowest BCUT2D eigenvalue weighted by Crippen LogP contribution is -1.86. The van der Waals surface area contributed by atoms with Crippen LogP contribution in [0.2, 0.25) is 0 Å². The predicted molar refractivity (Wildman–Crippen MR) is 158 cm³/mol. The number of aldehydes is 1. The molecule has 3 aromatic rings. The van der Waals surface area contributed by atoms with E-state index in [4.69, 9.17) is 0 Å². The number of carbonyl (C=O) groups excluding carboxylic acids is 1. The maximum absolute atomic E-state index is 11.5. The zero-order chi connectivity index (χ0) is 24.2. The largest absolute Gasteiger partial charge is 0.297 e. The number of halogens is 1. The van der Waals surface area contributed by atoms with Gasteiger partial charge in [0.1, 0.15) is 0 Å². The number of rotatable bonds is 17. The Hall–Kier alpha value is -0.750. The molecule has 0 atom stereocenters. The summed E-state index contributed by atoms with van der Waals surface area (Å²) in [4.78, 5) is 17.8. The maximum atomic E-state index is 11.5. The van der Waals surface area contributed by atoms with Gasteiger partial charge in [-0.3, -0.25) is 4.79 Å². The van der Waals surface area contributed by atoms with Gasteiger partial charge in [0.25, 0.3) is 0 Å². The second-order valence-electron chi connectivity index (χ2n) is 9.23. The second-order valence-corrected chi connectivity index (χ2v) is 13.8. The standard InChI is InChI=1S/C29H39BrOS3/c1-3-5-7-9-11-13-15-22-19-24(21-31)32-28(22)25-17-18-26(33-25)29-23(20-27(30)34-29)16-14-12-10-8-6-4-2/h17-21H,3-16H2,1-2H3. The van der Waals surface area contributed by atoms with Gasteiger partial charge < -0.3 is 0 Å². The Morgan fingerprint density at radius 1 is 0.676 bits per heavy atom. The average Bonchev–Trinajstić information content (AvgIpc) is 3.56. The molecule has 0 amide bonds. The number of thiophene rings is 3. The molecule has 0 bridgehead atoms. The molecular formula is C29H39BrOS3.